The van der Waals surface area contributed by atoms with Crippen LogP contribution in [0.15, 0.2) is 69.9 Å². The topological polar surface area (TPSA) is 108 Å². The number of anilines is 2. The first-order chi connectivity index (χ1) is 17.0. The third kappa shape index (κ3) is 4.84. The number of carbonyl (C=O) groups is 1. The lowest BCUT2D eigenvalue weighted by molar-refractivity contribution is 0.262. The van der Waals surface area contributed by atoms with Crippen molar-refractivity contribution in [1.29, 1.82) is 0 Å². The second kappa shape index (κ2) is 10.1. The van der Waals surface area contributed by atoms with Crippen molar-refractivity contribution < 1.29 is 28.2 Å². The van der Waals surface area contributed by atoms with Crippen LogP contribution in [-0.2, 0) is 0 Å². The van der Waals surface area contributed by atoms with Crippen LogP contribution in [0.2, 0.25) is 0 Å². The van der Waals surface area contributed by atoms with Crippen molar-refractivity contribution in [3.63, 3.8) is 0 Å². The summed E-state index contributed by atoms with van der Waals surface area (Å²) in [5.74, 6) is 1.90. The molecule has 2 amide bonds. The molecular formula is C26H24N2O7. The molecule has 0 atom stereocenters. The molecule has 0 aliphatic carbocycles. The lowest BCUT2D eigenvalue weighted by atomic mass is 10.1. The van der Waals surface area contributed by atoms with Crippen molar-refractivity contribution in [2.45, 2.75) is 0 Å². The van der Waals surface area contributed by atoms with Crippen molar-refractivity contribution in [3.05, 3.63) is 70.9 Å². The Morgan fingerprint density at radius 3 is 2.14 bits per heavy atom. The van der Waals surface area contributed by atoms with Gasteiger partial charge in [-0.15, -0.1) is 0 Å². The van der Waals surface area contributed by atoms with Crippen molar-refractivity contribution in [3.8, 4) is 34.3 Å². The fourth-order valence-corrected chi connectivity index (χ4v) is 3.65. The normalized spacial score (nSPS) is 10.5. The molecule has 1 aromatic heterocycles. The Morgan fingerprint density at radius 1 is 0.771 bits per heavy atom. The monoisotopic (exact) mass is 476 g/mol. The fraction of sp³-hybridized carbons (Fsp3) is 0.154. The summed E-state index contributed by atoms with van der Waals surface area (Å²) in [5.41, 5.74) is 1.69. The van der Waals surface area contributed by atoms with Crippen molar-refractivity contribution in [2.75, 3.05) is 39.1 Å². The first kappa shape index (κ1) is 23.5. The van der Waals surface area contributed by atoms with Gasteiger partial charge < -0.3 is 34.0 Å². The first-order valence-corrected chi connectivity index (χ1v) is 10.6. The van der Waals surface area contributed by atoms with Crippen molar-refractivity contribution in [1.82, 2.24) is 0 Å². The first-order valence-electron chi connectivity index (χ1n) is 10.6. The Balaban J connectivity index is 1.64. The predicted molar refractivity (Wildman–Crippen MR) is 133 cm³/mol. The zero-order valence-electron chi connectivity index (χ0n) is 19.6. The zero-order valence-corrected chi connectivity index (χ0v) is 19.6. The average Bonchev–Trinajstić information content (AvgIpc) is 2.87. The van der Waals surface area contributed by atoms with Gasteiger partial charge in [-0.1, -0.05) is 12.1 Å². The molecule has 0 aliphatic rings. The van der Waals surface area contributed by atoms with E-state index in [1.165, 1.54) is 27.4 Å². The van der Waals surface area contributed by atoms with Gasteiger partial charge in [0, 0.05) is 29.1 Å². The molecule has 9 heteroatoms. The highest BCUT2D eigenvalue weighted by Gasteiger charge is 2.21. The van der Waals surface area contributed by atoms with Crippen molar-refractivity contribution >= 4 is 28.4 Å². The van der Waals surface area contributed by atoms with Gasteiger partial charge in [-0.05, 0) is 36.4 Å². The summed E-state index contributed by atoms with van der Waals surface area (Å²) in [7, 11) is 5.96. The molecule has 0 bridgehead atoms. The van der Waals surface area contributed by atoms with E-state index < -0.39 is 6.03 Å². The molecule has 0 saturated heterocycles. The summed E-state index contributed by atoms with van der Waals surface area (Å²) in [5, 5.41) is 5.76. The number of urea groups is 1. The number of hydrogen-bond donors (Lipinski definition) is 2. The lowest BCUT2D eigenvalue weighted by Gasteiger charge is -2.14. The molecule has 2 N–H and O–H groups in total. The number of nitrogens with one attached hydrogen (secondary N) is 2. The molecule has 4 aromatic rings. The molecular weight excluding hydrogens is 452 g/mol. The van der Waals surface area contributed by atoms with Gasteiger partial charge in [-0.2, -0.15) is 0 Å². The number of hydrogen-bond acceptors (Lipinski definition) is 7. The third-order valence-corrected chi connectivity index (χ3v) is 5.28. The number of carbonyl (C=O) groups excluding carboxylic acids is 1. The molecule has 0 radical (unpaired) electrons. The zero-order chi connectivity index (χ0) is 24.9. The fourth-order valence-electron chi connectivity index (χ4n) is 3.65. The minimum Gasteiger partial charge on any atom is -0.497 e. The maximum absolute atomic E-state index is 13.0. The summed E-state index contributed by atoms with van der Waals surface area (Å²) in [6.45, 7) is 0. The number of methoxy groups -OCH3 is 4. The van der Waals surface area contributed by atoms with Crippen LogP contribution in [0.3, 0.4) is 0 Å². The van der Waals surface area contributed by atoms with Crippen LogP contribution in [0.5, 0.6) is 23.0 Å². The smallest absolute Gasteiger partial charge is 0.323 e. The molecule has 0 unspecified atom stereocenters. The van der Waals surface area contributed by atoms with E-state index in [0.29, 0.717) is 39.9 Å². The highest BCUT2D eigenvalue weighted by Crippen LogP contribution is 2.42. The summed E-state index contributed by atoms with van der Waals surface area (Å²) in [6, 6.07) is 16.4. The molecule has 0 spiro atoms. The van der Waals surface area contributed by atoms with Gasteiger partial charge >= 0.3 is 6.03 Å². The molecule has 3 aromatic carbocycles. The van der Waals surface area contributed by atoms with Gasteiger partial charge in [-0.3, -0.25) is 4.79 Å². The van der Waals surface area contributed by atoms with Crippen LogP contribution >= 0.6 is 0 Å². The summed E-state index contributed by atoms with van der Waals surface area (Å²) < 4.78 is 27.3. The third-order valence-electron chi connectivity index (χ3n) is 5.28. The molecule has 35 heavy (non-hydrogen) atoms. The van der Waals surface area contributed by atoms with Gasteiger partial charge in [0.1, 0.15) is 22.5 Å². The van der Waals surface area contributed by atoms with Gasteiger partial charge in [0.2, 0.25) is 5.75 Å². The van der Waals surface area contributed by atoms with E-state index in [-0.39, 0.29) is 22.1 Å². The Bertz CT molecular complexity index is 1430. The maximum Gasteiger partial charge on any atom is 0.323 e. The van der Waals surface area contributed by atoms with Crippen LogP contribution < -0.4 is 35.0 Å². The molecule has 0 aliphatic heterocycles. The minimum atomic E-state index is -0.422. The van der Waals surface area contributed by atoms with Crippen LogP contribution in [0.1, 0.15) is 0 Å². The summed E-state index contributed by atoms with van der Waals surface area (Å²) >= 11 is 0. The van der Waals surface area contributed by atoms with Gasteiger partial charge in [0.15, 0.2) is 16.9 Å². The Morgan fingerprint density at radius 2 is 1.49 bits per heavy atom. The number of benzene rings is 3. The standard InChI is InChI=1S/C26H24N2O7/c1-31-18-10-8-16(9-11-18)27-26(30)28-17-7-5-6-15(12-17)20-13-19(29)23-21(35-20)14-22(32-2)24(33-3)25(23)34-4/h5-14H,1-4H3,(H2,27,28,30). The van der Waals surface area contributed by atoms with E-state index in [2.05, 4.69) is 10.6 Å². The van der Waals surface area contributed by atoms with E-state index in [1.54, 1.807) is 61.7 Å². The maximum atomic E-state index is 13.0. The lowest BCUT2D eigenvalue weighted by Crippen LogP contribution is -2.19. The highest BCUT2D eigenvalue weighted by atomic mass is 16.5. The van der Waals surface area contributed by atoms with Crippen LogP contribution in [0.25, 0.3) is 22.3 Å². The predicted octanol–water partition coefficient (Wildman–Crippen LogP) is 5.14. The second-order valence-electron chi connectivity index (χ2n) is 7.38. The quantitative estimate of drug-likeness (QED) is 0.380. The molecule has 0 saturated carbocycles. The summed E-state index contributed by atoms with van der Waals surface area (Å²) in [4.78, 5) is 25.5. The van der Waals surface area contributed by atoms with E-state index >= 15 is 0 Å². The molecule has 1 heterocycles. The second-order valence-corrected chi connectivity index (χ2v) is 7.38. The SMILES string of the molecule is COc1ccc(NC(=O)Nc2cccc(-c3cc(=O)c4c(OC)c(OC)c(OC)cc4o3)c2)cc1. The summed E-state index contributed by atoms with van der Waals surface area (Å²) in [6.07, 6.45) is 0. The van der Waals surface area contributed by atoms with Gasteiger partial charge in [0.05, 0.1) is 28.4 Å². The van der Waals surface area contributed by atoms with Crippen LogP contribution in [0.4, 0.5) is 16.2 Å². The highest BCUT2D eigenvalue weighted by molar-refractivity contribution is 6.00. The molecule has 0 fully saturated rings. The number of amides is 2. The van der Waals surface area contributed by atoms with Gasteiger partial charge in [-0.25, -0.2) is 4.79 Å². The largest absolute Gasteiger partial charge is 0.497 e. The Kier molecular flexibility index (Phi) is 6.77. The minimum absolute atomic E-state index is 0.229. The van der Waals surface area contributed by atoms with Gasteiger partial charge in [0.25, 0.3) is 0 Å². The van der Waals surface area contributed by atoms with Crippen LogP contribution in [-0.4, -0.2) is 34.5 Å². The van der Waals surface area contributed by atoms with E-state index in [9.17, 15) is 9.59 Å². The van der Waals surface area contributed by atoms with E-state index in [4.69, 9.17) is 23.4 Å². The van der Waals surface area contributed by atoms with Crippen molar-refractivity contribution in [2.24, 2.45) is 0 Å². The number of rotatable bonds is 7. The number of fused-ring (bicyclic) bond motifs is 1. The molecule has 4 rings (SSSR count). The van der Waals surface area contributed by atoms with E-state index in [1.807, 2.05) is 0 Å². The number of ether oxygens (including phenoxy) is 4. The average molecular weight is 476 g/mol. The molecule has 9 nitrogen and oxygen atoms in total. The Hall–Kier alpha value is -4.66. The van der Waals surface area contributed by atoms with E-state index in [0.717, 1.165) is 0 Å². The Labute approximate surface area is 201 Å². The van der Waals surface area contributed by atoms with Crippen LogP contribution in [0, 0.1) is 0 Å². The molecule has 180 valence electrons.